The van der Waals surface area contributed by atoms with Crippen LogP contribution in [0, 0.1) is 0 Å². The van der Waals surface area contributed by atoms with E-state index in [2.05, 4.69) is 6.92 Å². The molecule has 0 saturated heterocycles. The second-order valence-corrected chi connectivity index (χ2v) is 9.80. The first-order valence-electron chi connectivity index (χ1n) is 10.4. The molecule has 0 aliphatic rings. The first-order valence-corrected chi connectivity index (χ1v) is 12.2. The molecule has 4 aromatic rings. The number of rotatable bonds is 8. The molecular weight excluding hydrogens is 462 g/mol. The Balaban J connectivity index is 1.60. The first kappa shape index (κ1) is 22.9. The second kappa shape index (κ2) is 9.68. The highest BCUT2D eigenvalue weighted by molar-refractivity contribution is 7.91. The van der Waals surface area contributed by atoms with Crippen LogP contribution in [0.1, 0.15) is 34.4 Å². The van der Waals surface area contributed by atoms with Gasteiger partial charge in [0, 0.05) is 11.6 Å². The zero-order valence-corrected chi connectivity index (χ0v) is 19.5. The lowest BCUT2D eigenvalue weighted by Gasteiger charge is -2.21. The summed E-state index contributed by atoms with van der Waals surface area (Å²) < 4.78 is 36.7. The average molecular weight is 484 g/mol. The first-order chi connectivity index (χ1) is 15.9. The lowest BCUT2D eigenvalue weighted by atomic mass is 10.1. The maximum absolute atomic E-state index is 13.3. The molecule has 0 unspecified atom stereocenters. The van der Waals surface area contributed by atoms with E-state index in [1.807, 2.05) is 24.3 Å². The summed E-state index contributed by atoms with van der Waals surface area (Å²) in [4.78, 5) is 14.9. The number of nitrogens with zero attached hydrogens (tertiary/aromatic N) is 1. The van der Waals surface area contributed by atoms with Crippen LogP contribution in [0.15, 0.2) is 97.9 Å². The fraction of sp³-hybridized carbons (Fsp3) is 0.160. The molecule has 8 heteroatoms. The summed E-state index contributed by atoms with van der Waals surface area (Å²) in [6.07, 6.45) is 2.46. The number of sulfone groups is 1. The molecule has 1 amide bonds. The molecule has 0 N–H and O–H groups in total. The SMILES string of the molecule is CCc1ccc(CN(Cc2ccco2)C(=O)c2ccc(S(=O)(=O)c3ccc(Cl)cc3)o2)cc1. The van der Waals surface area contributed by atoms with Crippen LogP contribution in [0.25, 0.3) is 0 Å². The molecule has 0 spiro atoms. The van der Waals surface area contributed by atoms with Crippen molar-refractivity contribution in [1.82, 2.24) is 4.90 Å². The van der Waals surface area contributed by atoms with Gasteiger partial charge in [-0.25, -0.2) is 8.42 Å². The third-order valence-corrected chi connectivity index (χ3v) is 7.09. The molecular formula is C25H22ClNO5S. The Hall–Kier alpha value is -3.29. The number of furan rings is 2. The molecule has 170 valence electrons. The Morgan fingerprint density at radius 1 is 0.909 bits per heavy atom. The Kier molecular flexibility index (Phi) is 6.72. The number of carbonyl (C=O) groups is 1. The van der Waals surface area contributed by atoms with Crippen molar-refractivity contribution < 1.29 is 22.0 Å². The Morgan fingerprint density at radius 2 is 1.61 bits per heavy atom. The highest BCUT2D eigenvalue weighted by Crippen LogP contribution is 2.25. The topological polar surface area (TPSA) is 80.7 Å². The van der Waals surface area contributed by atoms with E-state index in [0.717, 1.165) is 12.0 Å². The van der Waals surface area contributed by atoms with Crippen LogP contribution >= 0.6 is 11.6 Å². The van der Waals surface area contributed by atoms with Crippen LogP contribution in [0.3, 0.4) is 0 Å². The Morgan fingerprint density at radius 3 is 2.24 bits per heavy atom. The van der Waals surface area contributed by atoms with Gasteiger partial charge in [-0.05, 0) is 66.1 Å². The van der Waals surface area contributed by atoms with Crippen molar-refractivity contribution in [3.05, 3.63) is 107 Å². The van der Waals surface area contributed by atoms with Crippen molar-refractivity contribution in [3.8, 4) is 0 Å². The minimum Gasteiger partial charge on any atom is -0.467 e. The maximum Gasteiger partial charge on any atom is 0.290 e. The molecule has 0 fully saturated rings. The van der Waals surface area contributed by atoms with E-state index < -0.39 is 15.7 Å². The van der Waals surface area contributed by atoms with Crippen molar-refractivity contribution in [3.63, 3.8) is 0 Å². The minimum atomic E-state index is -3.93. The number of halogens is 1. The van der Waals surface area contributed by atoms with E-state index in [1.165, 1.54) is 48.2 Å². The average Bonchev–Trinajstić information content (AvgIpc) is 3.52. The summed E-state index contributed by atoms with van der Waals surface area (Å²) in [7, 11) is -3.93. The summed E-state index contributed by atoms with van der Waals surface area (Å²) in [6, 6.07) is 19.9. The third-order valence-electron chi connectivity index (χ3n) is 5.20. The maximum atomic E-state index is 13.3. The molecule has 0 aliphatic carbocycles. The highest BCUT2D eigenvalue weighted by Gasteiger charge is 2.26. The summed E-state index contributed by atoms with van der Waals surface area (Å²) in [6.45, 7) is 2.60. The van der Waals surface area contributed by atoms with Gasteiger partial charge >= 0.3 is 0 Å². The van der Waals surface area contributed by atoms with Gasteiger partial charge in [0.15, 0.2) is 5.76 Å². The summed E-state index contributed by atoms with van der Waals surface area (Å²) in [5.41, 5.74) is 2.14. The molecule has 0 atom stereocenters. The molecule has 6 nitrogen and oxygen atoms in total. The van der Waals surface area contributed by atoms with Gasteiger partial charge in [0.05, 0.1) is 17.7 Å². The zero-order chi connectivity index (χ0) is 23.4. The van der Waals surface area contributed by atoms with Gasteiger partial charge in [0.25, 0.3) is 5.91 Å². The van der Waals surface area contributed by atoms with Crippen molar-refractivity contribution >= 4 is 27.3 Å². The standard InChI is InChI=1S/C25H22ClNO5S/c1-2-18-5-7-19(8-6-18)16-27(17-21-4-3-15-31-21)25(28)23-13-14-24(32-23)33(29,30)22-11-9-20(26)10-12-22/h3-15H,2,16-17H2,1H3. The van der Waals surface area contributed by atoms with Gasteiger partial charge in [-0.3, -0.25) is 4.79 Å². The number of amides is 1. The van der Waals surface area contributed by atoms with Gasteiger partial charge in [-0.1, -0.05) is 42.8 Å². The van der Waals surface area contributed by atoms with E-state index in [9.17, 15) is 13.2 Å². The van der Waals surface area contributed by atoms with Crippen molar-refractivity contribution in [2.45, 2.75) is 36.4 Å². The van der Waals surface area contributed by atoms with Gasteiger partial charge in [-0.15, -0.1) is 0 Å². The third kappa shape index (κ3) is 5.21. The van der Waals surface area contributed by atoms with Gasteiger partial charge in [0.1, 0.15) is 5.76 Å². The predicted molar refractivity (Wildman–Crippen MR) is 124 cm³/mol. The van der Waals surface area contributed by atoms with Crippen LogP contribution in [-0.4, -0.2) is 19.2 Å². The molecule has 0 saturated carbocycles. The van der Waals surface area contributed by atoms with Gasteiger partial charge in [-0.2, -0.15) is 0 Å². The second-order valence-electron chi connectivity index (χ2n) is 7.49. The monoisotopic (exact) mass is 483 g/mol. The zero-order valence-electron chi connectivity index (χ0n) is 17.9. The normalized spacial score (nSPS) is 11.5. The fourth-order valence-electron chi connectivity index (χ4n) is 3.36. The number of aryl methyl sites for hydroxylation is 1. The fourth-order valence-corrected chi connectivity index (χ4v) is 4.66. The highest BCUT2D eigenvalue weighted by atomic mass is 35.5. The van der Waals surface area contributed by atoms with Crippen molar-refractivity contribution in [2.75, 3.05) is 0 Å². The van der Waals surface area contributed by atoms with Crippen molar-refractivity contribution in [1.29, 1.82) is 0 Å². The largest absolute Gasteiger partial charge is 0.467 e. The number of carbonyl (C=O) groups excluding carboxylic acids is 1. The van der Waals surface area contributed by atoms with Crippen LogP contribution in [0.4, 0.5) is 0 Å². The lowest BCUT2D eigenvalue weighted by Crippen LogP contribution is -2.29. The molecule has 2 aromatic heterocycles. The summed E-state index contributed by atoms with van der Waals surface area (Å²) in [5.74, 6) is 0.0943. The van der Waals surface area contributed by atoms with Gasteiger partial charge < -0.3 is 13.7 Å². The number of hydrogen-bond donors (Lipinski definition) is 0. The van der Waals surface area contributed by atoms with E-state index >= 15 is 0 Å². The van der Waals surface area contributed by atoms with E-state index in [1.54, 1.807) is 17.0 Å². The molecule has 0 radical (unpaired) electrons. The lowest BCUT2D eigenvalue weighted by molar-refractivity contribution is 0.0679. The van der Waals surface area contributed by atoms with Crippen LogP contribution in [0.2, 0.25) is 5.02 Å². The Labute approximate surface area is 197 Å². The van der Waals surface area contributed by atoms with E-state index in [-0.39, 0.29) is 22.3 Å². The van der Waals surface area contributed by atoms with Crippen molar-refractivity contribution in [2.24, 2.45) is 0 Å². The predicted octanol–water partition coefficient (Wildman–Crippen LogP) is 5.76. The molecule has 4 rings (SSSR count). The summed E-state index contributed by atoms with van der Waals surface area (Å²) in [5, 5.41) is 0.114. The number of benzene rings is 2. The molecule has 0 bridgehead atoms. The van der Waals surface area contributed by atoms with Gasteiger partial charge in [0.2, 0.25) is 14.9 Å². The number of hydrogen-bond acceptors (Lipinski definition) is 5. The van der Waals surface area contributed by atoms with E-state index in [0.29, 0.717) is 17.3 Å². The van der Waals surface area contributed by atoms with Crippen LogP contribution < -0.4 is 0 Å². The smallest absolute Gasteiger partial charge is 0.290 e. The molecule has 2 aromatic carbocycles. The summed E-state index contributed by atoms with van der Waals surface area (Å²) >= 11 is 5.85. The Bertz CT molecular complexity index is 1320. The quantitative estimate of drug-likeness (QED) is 0.318. The van der Waals surface area contributed by atoms with Crippen LogP contribution in [0.5, 0.6) is 0 Å². The minimum absolute atomic E-state index is 0.0312. The molecule has 2 heterocycles. The van der Waals surface area contributed by atoms with Crippen LogP contribution in [-0.2, 0) is 29.3 Å². The molecule has 33 heavy (non-hydrogen) atoms. The van der Waals surface area contributed by atoms with E-state index in [4.69, 9.17) is 20.4 Å². The molecule has 0 aliphatic heterocycles.